The molecule has 0 spiro atoms. The molecule has 2 aliphatic heterocycles. The first kappa shape index (κ1) is 23.0. The minimum atomic E-state index is -0.795. The molecule has 3 N–H and O–H groups in total. The van der Waals surface area contributed by atoms with Gasteiger partial charge in [0.15, 0.2) is 0 Å². The van der Waals surface area contributed by atoms with Gasteiger partial charge in [-0.05, 0) is 35.5 Å². The summed E-state index contributed by atoms with van der Waals surface area (Å²) >= 11 is 0. The maximum absolute atomic E-state index is 10.7. The molecule has 8 heteroatoms. The summed E-state index contributed by atoms with van der Waals surface area (Å²) in [7, 11) is 1.98. The van der Waals surface area contributed by atoms with Crippen LogP contribution in [-0.4, -0.2) is 58.8 Å². The summed E-state index contributed by atoms with van der Waals surface area (Å²) in [6, 6.07) is 16.0. The summed E-state index contributed by atoms with van der Waals surface area (Å²) in [6.07, 6.45) is 6.93. The first-order valence-corrected chi connectivity index (χ1v) is 11.8. The van der Waals surface area contributed by atoms with Crippen molar-refractivity contribution >= 4 is 11.3 Å². The predicted octanol–water partition coefficient (Wildman–Crippen LogP) is 3.62. The Morgan fingerprint density at radius 1 is 1.14 bits per heavy atom. The van der Waals surface area contributed by atoms with E-state index in [4.69, 9.17) is 4.74 Å². The van der Waals surface area contributed by atoms with Crippen molar-refractivity contribution in [1.82, 2.24) is 25.6 Å². The van der Waals surface area contributed by atoms with E-state index >= 15 is 0 Å². The average Bonchev–Trinajstić information content (AvgIpc) is 3.39. The molecule has 0 saturated carbocycles. The highest BCUT2D eigenvalue weighted by atomic mass is 16.5. The highest BCUT2D eigenvalue weighted by molar-refractivity contribution is 5.78. The number of morpholine rings is 1. The van der Waals surface area contributed by atoms with E-state index in [-0.39, 0.29) is 6.17 Å². The molecule has 5 rings (SSSR count). The van der Waals surface area contributed by atoms with Crippen LogP contribution < -0.4 is 10.2 Å². The molecular formula is C27H30N6O2. The standard InChI is InChI=1S/C27H30N6O2/c1-3-19(10-7-13-33-14-16-35-17-15-33)20-8-6-9-21(18-20)24-25(30-31-29-24)26-28-27(34)22-11-4-5-12-23(22)32(26)2/h3-13,18,26-28,34H,1,14-17H2,2H3,(H,29,30,31)/b13-7+,19-10+. The van der Waals surface area contributed by atoms with Crippen molar-refractivity contribution in [3.05, 3.63) is 96.4 Å². The van der Waals surface area contributed by atoms with Crippen LogP contribution >= 0.6 is 0 Å². The van der Waals surface area contributed by atoms with Crippen LogP contribution in [0.2, 0.25) is 0 Å². The summed E-state index contributed by atoms with van der Waals surface area (Å²) < 4.78 is 5.41. The van der Waals surface area contributed by atoms with Gasteiger partial charge in [0.05, 0.1) is 13.2 Å². The number of H-pyrrole nitrogens is 1. The predicted molar refractivity (Wildman–Crippen MR) is 137 cm³/mol. The number of anilines is 1. The monoisotopic (exact) mass is 470 g/mol. The maximum atomic E-state index is 10.7. The van der Waals surface area contributed by atoms with Crippen molar-refractivity contribution in [2.24, 2.45) is 0 Å². The third kappa shape index (κ3) is 4.77. The van der Waals surface area contributed by atoms with Crippen molar-refractivity contribution in [1.29, 1.82) is 0 Å². The molecule has 2 atom stereocenters. The Hall–Kier alpha value is -3.72. The van der Waals surface area contributed by atoms with Crippen molar-refractivity contribution in [2.75, 3.05) is 38.3 Å². The zero-order valence-electron chi connectivity index (χ0n) is 19.8. The molecule has 35 heavy (non-hydrogen) atoms. The number of aromatic nitrogens is 3. The number of aliphatic hydroxyl groups is 1. The number of nitrogens with zero attached hydrogens (tertiary/aromatic N) is 4. The SMILES string of the molecule is C=C/C(=C\C=C\N1CCOCC1)c1cccc(-c2n[nH]nc2C2NC(O)c3ccccc3N2C)c1. The van der Waals surface area contributed by atoms with Crippen molar-refractivity contribution in [2.45, 2.75) is 12.4 Å². The number of aromatic amines is 1. The van der Waals surface area contributed by atoms with Crippen molar-refractivity contribution in [3.63, 3.8) is 0 Å². The largest absolute Gasteiger partial charge is 0.378 e. The summed E-state index contributed by atoms with van der Waals surface area (Å²) in [5.74, 6) is 0. The van der Waals surface area contributed by atoms with E-state index in [2.05, 4.69) is 67.6 Å². The first-order valence-electron chi connectivity index (χ1n) is 11.8. The van der Waals surface area contributed by atoms with Gasteiger partial charge in [0.25, 0.3) is 0 Å². The Morgan fingerprint density at radius 3 is 2.80 bits per heavy atom. The molecule has 0 bridgehead atoms. The number of allylic oxidation sites excluding steroid dienone is 4. The number of benzene rings is 2. The van der Waals surface area contributed by atoms with Crippen molar-refractivity contribution in [3.8, 4) is 11.3 Å². The number of rotatable bonds is 6. The van der Waals surface area contributed by atoms with Crippen LogP contribution in [0.4, 0.5) is 5.69 Å². The number of para-hydroxylation sites is 1. The first-order chi connectivity index (χ1) is 17.2. The summed E-state index contributed by atoms with van der Waals surface area (Å²) in [6.45, 7) is 7.34. The number of nitrogens with one attached hydrogen (secondary N) is 2. The quantitative estimate of drug-likeness (QED) is 0.474. The lowest BCUT2D eigenvalue weighted by Gasteiger charge is -2.38. The molecule has 8 nitrogen and oxygen atoms in total. The Balaban J connectivity index is 1.42. The van der Waals surface area contributed by atoms with Gasteiger partial charge in [0.2, 0.25) is 0 Å². The van der Waals surface area contributed by atoms with Gasteiger partial charge in [-0.3, -0.25) is 5.32 Å². The van der Waals surface area contributed by atoms with Gasteiger partial charge in [-0.25, -0.2) is 0 Å². The number of hydrogen-bond donors (Lipinski definition) is 3. The maximum Gasteiger partial charge on any atom is 0.134 e. The molecule has 2 aromatic carbocycles. The van der Waals surface area contributed by atoms with Crippen LogP contribution in [0, 0.1) is 0 Å². The molecule has 3 aromatic rings. The molecule has 1 saturated heterocycles. The van der Waals surface area contributed by atoms with E-state index in [0.717, 1.165) is 65.6 Å². The smallest absolute Gasteiger partial charge is 0.134 e. The molecule has 1 aromatic heterocycles. The van der Waals surface area contributed by atoms with Crippen LogP contribution in [0.5, 0.6) is 0 Å². The Kier molecular flexibility index (Phi) is 6.76. The minimum absolute atomic E-state index is 0.344. The highest BCUT2D eigenvalue weighted by Crippen LogP contribution is 2.37. The lowest BCUT2D eigenvalue weighted by atomic mass is 9.99. The van der Waals surface area contributed by atoms with Crippen LogP contribution in [0.3, 0.4) is 0 Å². The molecular weight excluding hydrogens is 440 g/mol. The molecule has 3 heterocycles. The zero-order chi connectivity index (χ0) is 24.2. The van der Waals surface area contributed by atoms with Crippen LogP contribution in [-0.2, 0) is 4.74 Å². The lowest BCUT2D eigenvalue weighted by Crippen LogP contribution is -2.43. The van der Waals surface area contributed by atoms with Crippen LogP contribution in [0.1, 0.15) is 29.2 Å². The fraction of sp³-hybridized carbons (Fsp3) is 0.259. The van der Waals surface area contributed by atoms with E-state index in [1.54, 1.807) is 0 Å². The Labute approximate surface area is 205 Å². The van der Waals surface area contributed by atoms with Crippen LogP contribution in [0.25, 0.3) is 16.8 Å². The van der Waals surface area contributed by atoms with E-state index in [1.807, 2.05) is 49.5 Å². The second-order valence-corrected chi connectivity index (χ2v) is 8.60. The zero-order valence-corrected chi connectivity index (χ0v) is 19.8. The molecule has 2 unspecified atom stereocenters. The highest BCUT2D eigenvalue weighted by Gasteiger charge is 2.33. The number of aliphatic hydroxyl groups excluding tert-OH is 1. The van der Waals surface area contributed by atoms with Gasteiger partial charge < -0.3 is 19.6 Å². The van der Waals surface area contributed by atoms with E-state index in [0.29, 0.717) is 0 Å². The van der Waals surface area contributed by atoms with Gasteiger partial charge in [-0.2, -0.15) is 15.4 Å². The third-order valence-corrected chi connectivity index (χ3v) is 6.46. The number of ether oxygens (including phenoxy) is 1. The molecule has 0 aliphatic carbocycles. The van der Waals surface area contributed by atoms with Gasteiger partial charge in [-0.1, -0.05) is 55.1 Å². The Morgan fingerprint density at radius 2 is 1.97 bits per heavy atom. The molecule has 0 amide bonds. The fourth-order valence-electron chi connectivity index (χ4n) is 4.56. The molecule has 1 fully saturated rings. The Bertz CT molecular complexity index is 1240. The molecule has 180 valence electrons. The summed E-state index contributed by atoms with van der Waals surface area (Å²) in [5.41, 5.74) is 6.22. The topological polar surface area (TPSA) is 89.5 Å². The fourth-order valence-corrected chi connectivity index (χ4v) is 4.56. The summed E-state index contributed by atoms with van der Waals surface area (Å²) in [5, 5.41) is 25.7. The normalized spacial score (nSPS) is 20.8. The second kappa shape index (κ2) is 10.3. The van der Waals surface area contributed by atoms with Gasteiger partial charge >= 0.3 is 0 Å². The van der Waals surface area contributed by atoms with E-state index in [9.17, 15) is 5.11 Å². The van der Waals surface area contributed by atoms with E-state index in [1.165, 1.54) is 0 Å². The minimum Gasteiger partial charge on any atom is -0.378 e. The van der Waals surface area contributed by atoms with E-state index < -0.39 is 6.23 Å². The van der Waals surface area contributed by atoms with Crippen LogP contribution in [0.15, 0.2) is 79.5 Å². The molecule has 0 radical (unpaired) electrons. The number of hydrogen-bond acceptors (Lipinski definition) is 7. The second-order valence-electron chi connectivity index (χ2n) is 8.60. The van der Waals surface area contributed by atoms with Gasteiger partial charge in [0, 0.05) is 37.0 Å². The van der Waals surface area contributed by atoms with Gasteiger partial charge in [-0.15, -0.1) is 0 Å². The van der Waals surface area contributed by atoms with Gasteiger partial charge in [0.1, 0.15) is 23.8 Å². The number of fused-ring (bicyclic) bond motifs is 1. The summed E-state index contributed by atoms with van der Waals surface area (Å²) in [4.78, 5) is 4.32. The third-order valence-electron chi connectivity index (χ3n) is 6.46. The van der Waals surface area contributed by atoms with Crippen molar-refractivity contribution < 1.29 is 9.84 Å². The lowest BCUT2D eigenvalue weighted by molar-refractivity contribution is 0.0594. The molecule has 2 aliphatic rings. The average molecular weight is 471 g/mol.